The van der Waals surface area contributed by atoms with Gasteiger partial charge in [-0.15, -0.1) is 11.3 Å². The van der Waals surface area contributed by atoms with Crippen LogP contribution in [0.4, 0.5) is 13.2 Å². The van der Waals surface area contributed by atoms with Crippen molar-refractivity contribution in [3.8, 4) is 22.0 Å². The van der Waals surface area contributed by atoms with Gasteiger partial charge in [-0.2, -0.15) is 13.2 Å². The fraction of sp³-hybridized carbons (Fsp3) is 0.167. The zero-order valence-corrected chi connectivity index (χ0v) is 18.2. The van der Waals surface area contributed by atoms with Crippen LogP contribution >= 0.6 is 11.3 Å². The number of carbonyl (C=O) groups is 1. The second kappa shape index (κ2) is 8.27. The third-order valence-electron chi connectivity index (χ3n) is 5.35. The summed E-state index contributed by atoms with van der Waals surface area (Å²) in [5.41, 5.74) is 8.87. The summed E-state index contributed by atoms with van der Waals surface area (Å²) in [4.78, 5) is 16.7. The van der Waals surface area contributed by atoms with Gasteiger partial charge in [-0.3, -0.25) is 4.79 Å². The second-order valence-electron chi connectivity index (χ2n) is 7.54. The lowest BCUT2D eigenvalue weighted by molar-refractivity contribution is -0.138. The van der Waals surface area contributed by atoms with Crippen LogP contribution in [0, 0.1) is 13.8 Å². The molecular formula is C24H20F3N3OS. The lowest BCUT2D eigenvalue weighted by Gasteiger charge is -2.16. The molecule has 0 aliphatic carbocycles. The molecule has 0 fully saturated rings. The standard InChI is InChI=1S/C24H20F3N3OS/c1-14-7-9-16(10-8-14)23-29-20(13-32-23)21-11-18(22(28)31)15(2)30(21)12-17-5-3-4-6-19(17)24(25,26)27/h3-11,13H,12H2,1-2H3,(H2,28,31). The Labute approximate surface area is 187 Å². The summed E-state index contributed by atoms with van der Waals surface area (Å²) in [6, 6.07) is 14.9. The molecule has 2 aromatic heterocycles. The first kappa shape index (κ1) is 21.8. The molecule has 8 heteroatoms. The van der Waals surface area contributed by atoms with E-state index in [4.69, 9.17) is 10.7 Å². The largest absolute Gasteiger partial charge is 0.416 e. The summed E-state index contributed by atoms with van der Waals surface area (Å²) in [6.45, 7) is 3.60. The van der Waals surface area contributed by atoms with E-state index in [1.165, 1.54) is 23.5 Å². The average Bonchev–Trinajstić information content (AvgIpc) is 3.34. The third kappa shape index (κ3) is 4.18. The second-order valence-corrected chi connectivity index (χ2v) is 8.40. The van der Waals surface area contributed by atoms with Crippen LogP contribution in [0.1, 0.15) is 32.7 Å². The predicted molar refractivity (Wildman–Crippen MR) is 120 cm³/mol. The minimum absolute atomic E-state index is 0.0679. The maximum Gasteiger partial charge on any atom is 0.416 e. The molecule has 2 aromatic carbocycles. The Kier molecular flexibility index (Phi) is 5.64. The summed E-state index contributed by atoms with van der Waals surface area (Å²) < 4.78 is 42.3. The molecule has 164 valence electrons. The predicted octanol–water partition coefficient (Wildman–Crippen LogP) is 6.06. The van der Waals surface area contributed by atoms with Crippen LogP contribution in [0.2, 0.25) is 0 Å². The first-order valence-corrected chi connectivity index (χ1v) is 10.7. The van der Waals surface area contributed by atoms with Crippen molar-refractivity contribution in [1.82, 2.24) is 9.55 Å². The zero-order valence-electron chi connectivity index (χ0n) is 17.4. The van der Waals surface area contributed by atoms with Gasteiger partial charge in [0.15, 0.2) is 0 Å². The van der Waals surface area contributed by atoms with Crippen molar-refractivity contribution >= 4 is 17.2 Å². The number of nitrogens with zero attached hydrogens (tertiary/aromatic N) is 2. The molecule has 0 saturated carbocycles. The maximum absolute atomic E-state index is 13.5. The van der Waals surface area contributed by atoms with Gasteiger partial charge in [0.25, 0.3) is 5.91 Å². The Morgan fingerprint density at radius 1 is 1.09 bits per heavy atom. The van der Waals surface area contributed by atoms with E-state index in [-0.39, 0.29) is 17.7 Å². The number of carbonyl (C=O) groups excluding carboxylic acids is 1. The van der Waals surface area contributed by atoms with E-state index in [9.17, 15) is 18.0 Å². The number of primary amides is 1. The van der Waals surface area contributed by atoms with Gasteiger partial charge in [-0.25, -0.2) is 4.98 Å². The molecule has 0 atom stereocenters. The van der Waals surface area contributed by atoms with Gasteiger partial charge in [-0.05, 0) is 31.5 Å². The Balaban J connectivity index is 1.81. The highest BCUT2D eigenvalue weighted by molar-refractivity contribution is 7.13. The van der Waals surface area contributed by atoms with E-state index in [0.717, 1.165) is 22.2 Å². The van der Waals surface area contributed by atoms with E-state index in [0.29, 0.717) is 17.1 Å². The zero-order chi connectivity index (χ0) is 23.0. The fourth-order valence-electron chi connectivity index (χ4n) is 3.64. The molecule has 0 bridgehead atoms. The number of amides is 1. The lowest BCUT2D eigenvalue weighted by atomic mass is 10.1. The van der Waals surface area contributed by atoms with Crippen molar-refractivity contribution in [3.05, 3.63) is 87.9 Å². The van der Waals surface area contributed by atoms with E-state index in [2.05, 4.69) is 0 Å². The molecule has 0 spiro atoms. The smallest absolute Gasteiger partial charge is 0.366 e. The summed E-state index contributed by atoms with van der Waals surface area (Å²) in [5.74, 6) is -0.638. The average molecular weight is 456 g/mol. The van der Waals surface area contributed by atoms with Crippen LogP contribution in [0.15, 0.2) is 60.0 Å². The number of hydrogen-bond acceptors (Lipinski definition) is 3. The molecule has 4 nitrogen and oxygen atoms in total. The topological polar surface area (TPSA) is 60.9 Å². The van der Waals surface area contributed by atoms with Crippen LogP contribution in [0.5, 0.6) is 0 Å². The van der Waals surface area contributed by atoms with Crippen LogP contribution < -0.4 is 5.73 Å². The van der Waals surface area contributed by atoms with Crippen molar-refractivity contribution in [2.24, 2.45) is 5.73 Å². The molecule has 0 aliphatic rings. The fourth-order valence-corrected chi connectivity index (χ4v) is 4.46. The number of thiazole rings is 1. The summed E-state index contributed by atoms with van der Waals surface area (Å²) in [7, 11) is 0. The normalized spacial score (nSPS) is 11.7. The summed E-state index contributed by atoms with van der Waals surface area (Å²) in [5, 5.41) is 2.61. The first-order chi connectivity index (χ1) is 15.1. The van der Waals surface area contributed by atoms with E-state index >= 15 is 0 Å². The van der Waals surface area contributed by atoms with Gasteiger partial charge in [0.1, 0.15) is 5.01 Å². The molecular weight excluding hydrogens is 435 g/mol. The first-order valence-electron chi connectivity index (χ1n) is 9.83. The molecule has 2 heterocycles. The van der Waals surface area contributed by atoms with Crippen molar-refractivity contribution in [3.63, 3.8) is 0 Å². The number of rotatable bonds is 5. The monoisotopic (exact) mass is 455 g/mol. The number of nitrogens with two attached hydrogens (primary N) is 1. The molecule has 0 unspecified atom stereocenters. The molecule has 4 rings (SSSR count). The van der Waals surface area contributed by atoms with E-state index < -0.39 is 17.6 Å². The molecule has 0 radical (unpaired) electrons. The van der Waals surface area contributed by atoms with E-state index in [1.807, 2.05) is 36.6 Å². The van der Waals surface area contributed by atoms with E-state index in [1.54, 1.807) is 23.6 Å². The Hall–Kier alpha value is -3.39. The Morgan fingerprint density at radius 2 is 1.78 bits per heavy atom. The van der Waals surface area contributed by atoms with Gasteiger partial charge in [0.2, 0.25) is 0 Å². The molecule has 0 saturated heterocycles. The molecule has 2 N–H and O–H groups in total. The minimum atomic E-state index is -4.48. The number of halogens is 3. The van der Waals surface area contributed by atoms with Gasteiger partial charge in [0, 0.05) is 23.2 Å². The number of aromatic nitrogens is 2. The number of hydrogen-bond donors (Lipinski definition) is 1. The van der Waals surface area contributed by atoms with Crippen molar-refractivity contribution in [2.75, 3.05) is 0 Å². The SMILES string of the molecule is Cc1ccc(-c2nc(-c3cc(C(N)=O)c(C)n3Cc3ccccc3C(F)(F)F)cs2)cc1. The van der Waals surface area contributed by atoms with Gasteiger partial charge < -0.3 is 10.3 Å². The summed E-state index contributed by atoms with van der Waals surface area (Å²) in [6.07, 6.45) is -4.48. The lowest BCUT2D eigenvalue weighted by Crippen LogP contribution is -2.15. The molecule has 4 aromatic rings. The van der Waals surface area contributed by atoms with Gasteiger partial charge in [0.05, 0.1) is 22.5 Å². The quantitative estimate of drug-likeness (QED) is 0.398. The van der Waals surface area contributed by atoms with Crippen molar-refractivity contribution in [1.29, 1.82) is 0 Å². The highest BCUT2D eigenvalue weighted by Gasteiger charge is 2.33. The third-order valence-corrected chi connectivity index (χ3v) is 6.24. The van der Waals surface area contributed by atoms with Crippen molar-refractivity contribution < 1.29 is 18.0 Å². The number of alkyl halides is 3. The number of aryl methyl sites for hydroxylation is 1. The molecule has 32 heavy (non-hydrogen) atoms. The van der Waals surface area contributed by atoms with Crippen LogP contribution in [0.25, 0.3) is 22.0 Å². The van der Waals surface area contributed by atoms with Crippen LogP contribution in [-0.4, -0.2) is 15.5 Å². The van der Waals surface area contributed by atoms with Crippen LogP contribution in [0.3, 0.4) is 0 Å². The highest BCUT2D eigenvalue weighted by atomic mass is 32.1. The Bertz CT molecular complexity index is 1290. The molecule has 1 amide bonds. The molecule has 0 aliphatic heterocycles. The highest BCUT2D eigenvalue weighted by Crippen LogP contribution is 2.35. The van der Waals surface area contributed by atoms with Crippen molar-refractivity contribution in [2.45, 2.75) is 26.6 Å². The maximum atomic E-state index is 13.5. The summed E-state index contributed by atoms with van der Waals surface area (Å²) >= 11 is 1.43. The van der Waals surface area contributed by atoms with Gasteiger partial charge in [-0.1, -0.05) is 48.0 Å². The minimum Gasteiger partial charge on any atom is -0.366 e. The van der Waals surface area contributed by atoms with Gasteiger partial charge >= 0.3 is 6.18 Å². The van der Waals surface area contributed by atoms with Crippen LogP contribution in [-0.2, 0) is 12.7 Å². The Morgan fingerprint density at radius 3 is 2.44 bits per heavy atom. The number of benzene rings is 2.